The van der Waals surface area contributed by atoms with Crippen molar-refractivity contribution in [2.24, 2.45) is 4.99 Å². The summed E-state index contributed by atoms with van der Waals surface area (Å²) in [5.41, 5.74) is 4.92. The number of aromatic amines is 1. The van der Waals surface area contributed by atoms with Crippen LogP contribution in [0.2, 0.25) is 0 Å². The van der Waals surface area contributed by atoms with Crippen molar-refractivity contribution in [3.63, 3.8) is 0 Å². The second-order valence-corrected chi connectivity index (χ2v) is 9.75. The van der Waals surface area contributed by atoms with Gasteiger partial charge in [-0.05, 0) is 68.9 Å². The summed E-state index contributed by atoms with van der Waals surface area (Å²) in [4.78, 5) is 35.0. The van der Waals surface area contributed by atoms with Crippen LogP contribution in [0.4, 0.5) is 5.69 Å². The molecule has 4 aromatic rings. The number of hydrogen-bond acceptors (Lipinski definition) is 7. The van der Waals surface area contributed by atoms with Gasteiger partial charge in [-0.2, -0.15) is 0 Å². The monoisotopic (exact) mass is 541 g/mol. The standard InChI is InChI=1S/C32H35N3O5/c1-21-19-26-27(20-25(21)32(38)40-4)34-31(37)29(26)30(23-9-6-5-7-10-23)33-24-14-12-22(13-15-24)28(36)11-8-16-35(2)17-18-39-3/h5-7,9-10,12-15,19-20,34,37H,8,11,16-18H2,1-4H3. The molecule has 208 valence electrons. The first kappa shape index (κ1) is 28.7. The zero-order valence-electron chi connectivity index (χ0n) is 23.4. The molecule has 2 N–H and O–H groups in total. The van der Waals surface area contributed by atoms with Crippen LogP contribution < -0.4 is 0 Å². The quantitative estimate of drug-likeness (QED) is 0.136. The number of aromatic nitrogens is 1. The van der Waals surface area contributed by atoms with Crippen LogP contribution in [0.3, 0.4) is 0 Å². The highest BCUT2D eigenvalue weighted by Crippen LogP contribution is 2.33. The lowest BCUT2D eigenvalue weighted by molar-refractivity contribution is 0.0600. The van der Waals surface area contributed by atoms with Crippen molar-refractivity contribution in [3.05, 3.63) is 94.5 Å². The molecule has 1 aromatic heterocycles. The molecule has 1 heterocycles. The first-order chi connectivity index (χ1) is 19.3. The highest BCUT2D eigenvalue weighted by molar-refractivity contribution is 6.22. The van der Waals surface area contributed by atoms with Crippen molar-refractivity contribution in [2.45, 2.75) is 19.8 Å². The number of benzene rings is 3. The summed E-state index contributed by atoms with van der Waals surface area (Å²) in [5.74, 6) is -0.411. The Bertz CT molecular complexity index is 1510. The summed E-state index contributed by atoms with van der Waals surface area (Å²) < 4.78 is 10.00. The van der Waals surface area contributed by atoms with Crippen LogP contribution in [0.1, 0.15) is 50.2 Å². The number of aryl methyl sites for hydroxylation is 1. The molecule has 0 saturated carbocycles. The number of aromatic hydroxyl groups is 1. The number of aliphatic imine (C=N–C) groups is 1. The Balaban J connectivity index is 1.64. The molecule has 0 radical (unpaired) electrons. The number of carbonyl (C=O) groups excluding carboxylic acids is 2. The Morgan fingerprint density at radius 3 is 2.38 bits per heavy atom. The second-order valence-electron chi connectivity index (χ2n) is 9.75. The topological polar surface area (TPSA) is 104 Å². The van der Waals surface area contributed by atoms with Crippen LogP contribution in [0.25, 0.3) is 10.9 Å². The molecule has 8 heteroatoms. The summed E-state index contributed by atoms with van der Waals surface area (Å²) in [6.45, 7) is 4.15. The van der Waals surface area contributed by atoms with E-state index in [1.54, 1.807) is 25.3 Å². The molecular formula is C32H35N3O5. The van der Waals surface area contributed by atoms with E-state index in [0.29, 0.717) is 46.6 Å². The summed E-state index contributed by atoms with van der Waals surface area (Å²) in [6.07, 6.45) is 1.24. The molecular weight excluding hydrogens is 506 g/mol. The van der Waals surface area contributed by atoms with E-state index in [9.17, 15) is 14.7 Å². The van der Waals surface area contributed by atoms with Gasteiger partial charge < -0.3 is 24.5 Å². The third-order valence-electron chi connectivity index (χ3n) is 6.86. The number of fused-ring (bicyclic) bond motifs is 1. The molecule has 0 bridgehead atoms. The number of Topliss-reactive ketones (excluding diaryl/α,β-unsaturated/α-hetero) is 1. The van der Waals surface area contributed by atoms with Gasteiger partial charge in [-0.25, -0.2) is 9.79 Å². The van der Waals surface area contributed by atoms with Crippen LogP contribution in [-0.2, 0) is 9.47 Å². The molecule has 0 amide bonds. The molecule has 0 atom stereocenters. The van der Waals surface area contributed by atoms with Crippen molar-refractivity contribution < 1.29 is 24.2 Å². The third kappa shape index (κ3) is 6.65. The molecule has 0 unspecified atom stereocenters. The summed E-state index contributed by atoms with van der Waals surface area (Å²) >= 11 is 0. The van der Waals surface area contributed by atoms with E-state index in [0.717, 1.165) is 36.0 Å². The molecule has 3 aromatic carbocycles. The molecule has 0 fully saturated rings. The highest BCUT2D eigenvalue weighted by Gasteiger charge is 2.21. The number of nitrogens with one attached hydrogen (secondary N) is 1. The Labute approximate surface area is 234 Å². The average Bonchev–Trinajstić information content (AvgIpc) is 3.28. The second kappa shape index (κ2) is 13.2. The maximum Gasteiger partial charge on any atom is 0.338 e. The van der Waals surface area contributed by atoms with Gasteiger partial charge in [-0.15, -0.1) is 0 Å². The molecule has 0 aliphatic carbocycles. The molecule has 0 aliphatic heterocycles. The van der Waals surface area contributed by atoms with E-state index in [1.807, 2.05) is 62.5 Å². The van der Waals surface area contributed by atoms with Crippen molar-refractivity contribution in [1.29, 1.82) is 0 Å². The number of ketones is 1. The molecule has 0 saturated heterocycles. The predicted octanol–water partition coefficient (Wildman–Crippen LogP) is 5.68. The first-order valence-electron chi connectivity index (χ1n) is 13.2. The Morgan fingerprint density at radius 1 is 0.975 bits per heavy atom. The molecule has 4 rings (SSSR count). The minimum atomic E-state index is -0.445. The first-order valence-corrected chi connectivity index (χ1v) is 13.2. The smallest absolute Gasteiger partial charge is 0.338 e. The van der Waals surface area contributed by atoms with Crippen molar-refractivity contribution in [2.75, 3.05) is 41.0 Å². The normalized spacial score (nSPS) is 11.8. The maximum atomic E-state index is 12.8. The third-order valence-corrected chi connectivity index (χ3v) is 6.86. The van der Waals surface area contributed by atoms with Crippen LogP contribution in [0, 0.1) is 6.92 Å². The SMILES string of the molecule is COCCN(C)CCCC(=O)c1ccc(N=C(c2ccccc2)c2c(O)[nH]c3cc(C(=O)OC)c(C)cc23)cc1. The number of carbonyl (C=O) groups is 2. The van der Waals surface area contributed by atoms with Crippen LogP contribution in [0.15, 0.2) is 71.7 Å². The van der Waals surface area contributed by atoms with Gasteiger partial charge in [-0.3, -0.25) is 4.79 Å². The fraction of sp³-hybridized carbons (Fsp3) is 0.281. The maximum absolute atomic E-state index is 12.8. The molecule has 0 spiro atoms. The van der Waals surface area contributed by atoms with Crippen molar-refractivity contribution in [3.8, 4) is 5.88 Å². The lowest BCUT2D eigenvalue weighted by Gasteiger charge is -2.15. The van der Waals surface area contributed by atoms with E-state index in [2.05, 4.69) is 9.88 Å². The fourth-order valence-corrected chi connectivity index (χ4v) is 4.63. The van der Waals surface area contributed by atoms with Crippen molar-refractivity contribution >= 4 is 34.1 Å². The highest BCUT2D eigenvalue weighted by atomic mass is 16.5. The number of methoxy groups -OCH3 is 2. The minimum absolute atomic E-state index is 0.0544. The van der Waals surface area contributed by atoms with Crippen LogP contribution in [0.5, 0.6) is 5.88 Å². The van der Waals surface area contributed by atoms with Gasteiger partial charge in [0.2, 0.25) is 0 Å². The number of esters is 1. The number of rotatable bonds is 12. The zero-order valence-corrected chi connectivity index (χ0v) is 23.4. The predicted molar refractivity (Wildman–Crippen MR) is 157 cm³/mol. The Morgan fingerprint density at radius 2 is 1.70 bits per heavy atom. The van der Waals surface area contributed by atoms with Gasteiger partial charge in [0.25, 0.3) is 0 Å². The lowest BCUT2D eigenvalue weighted by Crippen LogP contribution is -2.24. The Hall–Kier alpha value is -4.27. The molecule has 8 nitrogen and oxygen atoms in total. The fourth-order valence-electron chi connectivity index (χ4n) is 4.63. The van der Waals surface area contributed by atoms with E-state index in [4.69, 9.17) is 14.5 Å². The lowest BCUT2D eigenvalue weighted by atomic mass is 9.98. The van der Waals surface area contributed by atoms with E-state index < -0.39 is 5.97 Å². The number of likely N-dealkylation sites (N-methyl/N-ethyl adjacent to an activating group) is 1. The summed E-state index contributed by atoms with van der Waals surface area (Å²) in [5, 5.41) is 11.7. The number of H-pyrrole nitrogens is 1. The number of nitrogens with zero attached hydrogens (tertiary/aromatic N) is 2. The van der Waals surface area contributed by atoms with Gasteiger partial charge in [0.05, 0.1) is 36.2 Å². The van der Waals surface area contributed by atoms with Crippen LogP contribution >= 0.6 is 0 Å². The van der Waals surface area contributed by atoms with Gasteiger partial charge in [-0.1, -0.05) is 30.3 Å². The van der Waals surface area contributed by atoms with Gasteiger partial charge >= 0.3 is 5.97 Å². The van der Waals surface area contributed by atoms with Crippen molar-refractivity contribution in [1.82, 2.24) is 9.88 Å². The summed E-state index contributed by atoms with van der Waals surface area (Å²) in [6, 6.07) is 20.3. The molecule has 0 aliphatic rings. The van der Waals surface area contributed by atoms with Gasteiger partial charge in [0, 0.05) is 42.1 Å². The van der Waals surface area contributed by atoms with E-state index in [-0.39, 0.29) is 11.7 Å². The average molecular weight is 542 g/mol. The number of ether oxygens (including phenoxy) is 2. The van der Waals surface area contributed by atoms with Gasteiger partial charge in [0.15, 0.2) is 11.7 Å². The van der Waals surface area contributed by atoms with Crippen LogP contribution in [-0.4, -0.2) is 73.4 Å². The largest absolute Gasteiger partial charge is 0.494 e. The van der Waals surface area contributed by atoms with E-state index >= 15 is 0 Å². The minimum Gasteiger partial charge on any atom is -0.494 e. The zero-order chi connectivity index (χ0) is 28.6. The van der Waals surface area contributed by atoms with Gasteiger partial charge in [0.1, 0.15) is 0 Å². The number of hydrogen-bond donors (Lipinski definition) is 2. The summed E-state index contributed by atoms with van der Waals surface area (Å²) in [7, 11) is 5.04. The Kier molecular flexibility index (Phi) is 9.47. The van der Waals surface area contributed by atoms with E-state index in [1.165, 1.54) is 7.11 Å². The molecule has 40 heavy (non-hydrogen) atoms.